The van der Waals surface area contributed by atoms with Crippen molar-refractivity contribution in [2.24, 2.45) is 0 Å². The smallest absolute Gasteiger partial charge is 0.146 e. The van der Waals surface area contributed by atoms with E-state index in [2.05, 4.69) is 68.2 Å². The van der Waals surface area contributed by atoms with Crippen molar-refractivity contribution in [2.45, 2.75) is 39.5 Å². The van der Waals surface area contributed by atoms with E-state index in [-0.39, 0.29) is 5.82 Å². The van der Waals surface area contributed by atoms with Crippen LogP contribution in [0.5, 0.6) is 0 Å². The quantitative estimate of drug-likeness (QED) is 0.295. The molecule has 0 amide bonds. The minimum atomic E-state index is -0.239. The third-order valence-electron chi connectivity index (χ3n) is 5.61. The molecule has 4 aromatic rings. The van der Waals surface area contributed by atoms with Gasteiger partial charge in [0.2, 0.25) is 0 Å². The molecule has 0 saturated heterocycles. The van der Waals surface area contributed by atoms with Crippen LogP contribution in [-0.4, -0.2) is 0 Å². The molecule has 0 N–H and O–H groups in total. The van der Waals surface area contributed by atoms with E-state index in [9.17, 15) is 4.39 Å². The van der Waals surface area contributed by atoms with Crippen molar-refractivity contribution >= 4 is 10.8 Å². The van der Waals surface area contributed by atoms with Gasteiger partial charge in [-0.25, -0.2) is 4.39 Å². The first-order valence-corrected chi connectivity index (χ1v) is 11.1. The van der Waals surface area contributed by atoms with Gasteiger partial charge in [0.15, 0.2) is 0 Å². The van der Waals surface area contributed by atoms with Crippen LogP contribution in [-0.2, 0) is 12.8 Å². The van der Waals surface area contributed by atoms with Gasteiger partial charge >= 0.3 is 0 Å². The number of halogens is 1. The summed E-state index contributed by atoms with van der Waals surface area (Å²) >= 11 is 0. The highest BCUT2D eigenvalue weighted by Crippen LogP contribution is 2.23. The van der Waals surface area contributed by atoms with Gasteiger partial charge in [0.25, 0.3) is 0 Å². The van der Waals surface area contributed by atoms with E-state index in [0.29, 0.717) is 10.9 Å². The second kappa shape index (κ2) is 9.63. The van der Waals surface area contributed by atoms with Crippen LogP contribution in [0.3, 0.4) is 0 Å². The van der Waals surface area contributed by atoms with E-state index in [1.165, 1.54) is 16.7 Å². The summed E-state index contributed by atoms with van der Waals surface area (Å²) in [6.45, 7) is 4.35. The third-order valence-corrected chi connectivity index (χ3v) is 5.61. The lowest BCUT2D eigenvalue weighted by molar-refractivity contribution is 0.636. The molecular formula is C30H27F. The number of hydrogen-bond acceptors (Lipinski definition) is 0. The maximum atomic E-state index is 15.0. The maximum absolute atomic E-state index is 15.0. The number of fused-ring (bicyclic) bond motifs is 1. The molecule has 0 unspecified atom stereocenters. The summed E-state index contributed by atoms with van der Waals surface area (Å²) in [6.07, 6.45) is 4.36. The Morgan fingerprint density at radius 3 is 1.94 bits per heavy atom. The molecule has 1 heteroatoms. The Labute approximate surface area is 184 Å². The molecule has 0 nitrogen and oxygen atoms in total. The molecule has 0 spiro atoms. The molecule has 4 aromatic carbocycles. The molecular weight excluding hydrogens is 379 g/mol. The van der Waals surface area contributed by atoms with Gasteiger partial charge in [-0.1, -0.05) is 99.2 Å². The van der Waals surface area contributed by atoms with Gasteiger partial charge in [-0.3, -0.25) is 0 Å². The van der Waals surface area contributed by atoms with Crippen LogP contribution in [0.1, 0.15) is 48.9 Å². The summed E-state index contributed by atoms with van der Waals surface area (Å²) in [5.41, 5.74) is 6.28. The van der Waals surface area contributed by atoms with Crippen molar-refractivity contribution in [3.63, 3.8) is 0 Å². The van der Waals surface area contributed by atoms with Crippen LogP contribution in [0, 0.1) is 17.7 Å². The van der Waals surface area contributed by atoms with Crippen molar-refractivity contribution in [2.75, 3.05) is 0 Å². The van der Waals surface area contributed by atoms with Crippen molar-refractivity contribution in [1.29, 1.82) is 0 Å². The summed E-state index contributed by atoms with van der Waals surface area (Å²) in [7, 11) is 0. The molecule has 0 aliphatic rings. The number of benzene rings is 4. The Balaban J connectivity index is 1.55. The Bertz CT molecular complexity index is 1240. The number of aryl methyl sites for hydroxylation is 2. The highest BCUT2D eigenvalue weighted by molar-refractivity contribution is 5.85. The molecule has 0 heterocycles. The number of hydrogen-bond donors (Lipinski definition) is 0. The number of rotatable bonds is 5. The Hall–Kier alpha value is -3.37. The summed E-state index contributed by atoms with van der Waals surface area (Å²) in [4.78, 5) is 0. The topological polar surface area (TPSA) is 0 Å². The maximum Gasteiger partial charge on any atom is 0.146 e. The second-order valence-corrected chi connectivity index (χ2v) is 8.01. The van der Waals surface area contributed by atoms with E-state index >= 15 is 0 Å². The summed E-state index contributed by atoms with van der Waals surface area (Å²) < 4.78 is 15.0. The van der Waals surface area contributed by atoms with Gasteiger partial charge < -0.3 is 0 Å². The predicted molar refractivity (Wildman–Crippen MR) is 130 cm³/mol. The first kappa shape index (κ1) is 20.9. The van der Waals surface area contributed by atoms with Crippen molar-refractivity contribution in [1.82, 2.24) is 0 Å². The Kier molecular flexibility index (Phi) is 6.48. The average Bonchev–Trinajstić information content (AvgIpc) is 2.80. The van der Waals surface area contributed by atoms with Crippen LogP contribution in [0.15, 0.2) is 78.9 Å². The first-order valence-electron chi connectivity index (χ1n) is 11.1. The highest BCUT2D eigenvalue weighted by atomic mass is 19.1. The molecule has 31 heavy (non-hydrogen) atoms. The zero-order valence-electron chi connectivity index (χ0n) is 18.2. The van der Waals surface area contributed by atoms with E-state index in [1.54, 1.807) is 6.07 Å². The molecule has 0 aromatic heterocycles. The van der Waals surface area contributed by atoms with E-state index in [0.717, 1.165) is 42.2 Å². The fourth-order valence-corrected chi connectivity index (χ4v) is 3.92. The van der Waals surface area contributed by atoms with Crippen LogP contribution in [0.2, 0.25) is 0 Å². The van der Waals surface area contributed by atoms with Gasteiger partial charge in [0.1, 0.15) is 5.82 Å². The highest BCUT2D eigenvalue weighted by Gasteiger charge is 2.06. The molecule has 0 fully saturated rings. The second-order valence-electron chi connectivity index (χ2n) is 8.01. The normalized spacial score (nSPS) is 10.7. The zero-order valence-corrected chi connectivity index (χ0v) is 18.2. The van der Waals surface area contributed by atoms with E-state index in [4.69, 9.17) is 0 Å². The summed E-state index contributed by atoms with van der Waals surface area (Å²) in [5, 5.41) is 1.57. The zero-order chi connectivity index (χ0) is 21.6. The van der Waals surface area contributed by atoms with E-state index in [1.807, 2.05) is 30.3 Å². The van der Waals surface area contributed by atoms with Crippen LogP contribution < -0.4 is 0 Å². The molecule has 0 radical (unpaired) electrons. The fraction of sp³-hybridized carbons (Fsp3) is 0.200. The average molecular weight is 407 g/mol. The Morgan fingerprint density at radius 1 is 0.645 bits per heavy atom. The van der Waals surface area contributed by atoms with Crippen LogP contribution >= 0.6 is 0 Å². The van der Waals surface area contributed by atoms with Crippen molar-refractivity contribution in [3.05, 3.63) is 107 Å². The van der Waals surface area contributed by atoms with Gasteiger partial charge in [0, 0.05) is 10.9 Å². The fourth-order valence-electron chi connectivity index (χ4n) is 3.92. The summed E-state index contributed by atoms with van der Waals surface area (Å²) in [6, 6.07) is 26.6. The van der Waals surface area contributed by atoms with Gasteiger partial charge in [-0.15, -0.1) is 0 Å². The lowest BCUT2D eigenvalue weighted by Gasteiger charge is -2.05. The predicted octanol–water partition coefficient (Wildman–Crippen LogP) is 7.95. The lowest BCUT2D eigenvalue weighted by Crippen LogP contribution is -1.89. The standard InChI is InChI=1S/C30H27F/c1-3-5-22-7-13-25(14-8-22)26-15-9-23(10-16-26)11-17-27-18-19-28-21-24(6-4-2)12-20-29(28)30(27)31/h7-10,12-16,18-21H,3-6H2,1-2H3. The SMILES string of the molecule is CCCc1ccc(-c2ccc(C#Cc3ccc4cc(CCC)ccc4c3F)cc2)cc1. The molecule has 0 aliphatic heterocycles. The minimum absolute atomic E-state index is 0.239. The Morgan fingerprint density at radius 2 is 1.26 bits per heavy atom. The molecule has 0 atom stereocenters. The van der Waals surface area contributed by atoms with Gasteiger partial charge in [0.05, 0.1) is 5.56 Å². The molecule has 4 rings (SSSR count). The lowest BCUT2D eigenvalue weighted by atomic mass is 10.0. The molecule has 0 saturated carbocycles. The van der Waals surface area contributed by atoms with Gasteiger partial charge in [-0.05, 0) is 58.7 Å². The van der Waals surface area contributed by atoms with Crippen LogP contribution in [0.4, 0.5) is 4.39 Å². The monoisotopic (exact) mass is 406 g/mol. The van der Waals surface area contributed by atoms with Crippen molar-refractivity contribution in [3.8, 4) is 23.0 Å². The van der Waals surface area contributed by atoms with Gasteiger partial charge in [-0.2, -0.15) is 0 Å². The first-order chi connectivity index (χ1) is 15.2. The van der Waals surface area contributed by atoms with Crippen LogP contribution in [0.25, 0.3) is 21.9 Å². The summed E-state index contributed by atoms with van der Waals surface area (Å²) in [5.74, 6) is 5.89. The largest absolute Gasteiger partial charge is 0.205 e. The van der Waals surface area contributed by atoms with Crippen molar-refractivity contribution < 1.29 is 4.39 Å². The molecule has 0 aliphatic carbocycles. The van der Waals surface area contributed by atoms with E-state index < -0.39 is 0 Å². The minimum Gasteiger partial charge on any atom is -0.205 e. The molecule has 154 valence electrons. The molecule has 0 bridgehead atoms. The third kappa shape index (κ3) is 4.86.